The largest absolute Gasteiger partial charge is 0.480 e. The van der Waals surface area contributed by atoms with Crippen molar-refractivity contribution in [3.8, 4) is 0 Å². The van der Waals surface area contributed by atoms with E-state index in [9.17, 15) is 9.59 Å². The number of nitrogens with two attached hydrogens (primary N) is 1. The molecule has 0 radical (unpaired) electrons. The van der Waals surface area contributed by atoms with E-state index in [-0.39, 0.29) is 13.1 Å². The summed E-state index contributed by atoms with van der Waals surface area (Å²) in [5.74, 6) is 3.01. The zero-order valence-corrected chi connectivity index (χ0v) is 19.3. The molecule has 0 saturated carbocycles. The van der Waals surface area contributed by atoms with E-state index in [1.54, 1.807) is 0 Å². The van der Waals surface area contributed by atoms with Gasteiger partial charge in [-0.15, -0.1) is 0 Å². The molecule has 0 spiro atoms. The molecule has 0 aliphatic rings. The Morgan fingerprint density at radius 2 is 1.53 bits per heavy atom. The van der Waals surface area contributed by atoms with E-state index in [4.69, 9.17) is 16.1 Å². The van der Waals surface area contributed by atoms with Crippen LogP contribution in [0.5, 0.6) is 0 Å². The van der Waals surface area contributed by atoms with E-state index in [0.717, 1.165) is 44.5 Å². The highest BCUT2D eigenvalue weighted by atomic mass is 16.6. The highest BCUT2D eigenvalue weighted by molar-refractivity contribution is 5.72. The smallest absolute Gasteiger partial charge is 0.317 e. The maximum absolute atomic E-state index is 11.0. The Morgan fingerprint density at radius 1 is 0.938 bits per heavy atom. The number of likely N-dealkylation sites (N-methyl/N-ethyl adjacent to an activating group) is 1. The van der Waals surface area contributed by atoms with Gasteiger partial charge in [-0.25, -0.2) is 5.90 Å². The number of carbonyl (C=O) groups is 2. The predicted octanol–water partition coefficient (Wildman–Crippen LogP) is 1.25. The number of hydrogen-bond acceptors (Lipinski definition) is 7. The molecule has 0 unspecified atom stereocenters. The molecule has 180 valence electrons. The number of rotatable bonds is 18. The van der Waals surface area contributed by atoms with Crippen LogP contribution in [-0.4, -0.2) is 103 Å². The van der Waals surface area contributed by atoms with Crippen LogP contribution in [0.3, 0.4) is 0 Å². The number of hydrogen-bond donors (Lipinski definition) is 3. The molecule has 4 N–H and O–H groups in total. The van der Waals surface area contributed by atoms with Crippen molar-refractivity contribution in [3.63, 3.8) is 0 Å². The van der Waals surface area contributed by atoms with Gasteiger partial charge in [0.15, 0.2) is 0 Å². The molecule has 1 aromatic carbocycles. The molecule has 9 nitrogen and oxygen atoms in total. The Bertz CT molecular complexity index is 678. The summed E-state index contributed by atoms with van der Waals surface area (Å²) in [5, 5.41) is 18.0. The number of benzene rings is 1. The molecule has 0 fully saturated rings. The standard InChI is InChI=1S/C23H38N4O5/c1-25(2)13-14-26(15-16-27(18-22(28)29)19-23(30)31)12-4-3-6-20-8-10-21(11-9-20)7-5-17-32-24/h3,6,8-11H,4-5,7,12-19,24H2,1-2H3,(H,28,29)(H,30,31)/b6-3+. The average Bonchev–Trinajstić information content (AvgIpc) is 2.72. The maximum atomic E-state index is 11.0. The van der Waals surface area contributed by atoms with Crippen LogP contribution in [0.1, 0.15) is 24.0 Å². The van der Waals surface area contributed by atoms with Crippen LogP contribution < -0.4 is 5.90 Å². The highest BCUT2D eigenvalue weighted by Gasteiger charge is 2.15. The van der Waals surface area contributed by atoms with Gasteiger partial charge >= 0.3 is 11.9 Å². The Balaban J connectivity index is 2.55. The molecule has 0 aliphatic carbocycles. The fraction of sp³-hybridized carbons (Fsp3) is 0.565. The molecule has 0 atom stereocenters. The third-order valence-electron chi connectivity index (χ3n) is 4.94. The van der Waals surface area contributed by atoms with E-state index in [0.29, 0.717) is 19.7 Å². The molecule has 9 heteroatoms. The quantitative estimate of drug-likeness (QED) is 0.224. The maximum Gasteiger partial charge on any atom is 0.317 e. The topological polar surface area (TPSA) is 120 Å². The third kappa shape index (κ3) is 13.9. The summed E-state index contributed by atoms with van der Waals surface area (Å²) in [6.07, 6.45) is 6.90. The number of nitrogens with zero attached hydrogens (tertiary/aromatic N) is 3. The van der Waals surface area contributed by atoms with E-state index in [1.807, 2.05) is 14.1 Å². The van der Waals surface area contributed by atoms with Gasteiger partial charge in [0.05, 0.1) is 19.7 Å². The molecule has 0 amide bonds. The first-order valence-corrected chi connectivity index (χ1v) is 10.9. The third-order valence-corrected chi connectivity index (χ3v) is 4.94. The fourth-order valence-electron chi connectivity index (χ4n) is 3.19. The van der Waals surface area contributed by atoms with Crippen LogP contribution in [-0.2, 0) is 20.8 Å². The summed E-state index contributed by atoms with van der Waals surface area (Å²) in [7, 11) is 4.01. The molecule has 0 saturated heterocycles. The number of aryl methyl sites for hydroxylation is 1. The molecule has 0 aromatic heterocycles. The predicted molar refractivity (Wildman–Crippen MR) is 125 cm³/mol. The van der Waals surface area contributed by atoms with Crippen LogP contribution in [0, 0.1) is 0 Å². The second-order valence-corrected chi connectivity index (χ2v) is 8.05. The molecule has 0 aliphatic heterocycles. The minimum atomic E-state index is -1.02. The van der Waals surface area contributed by atoms with Crippen molar-refractivity contribution in [1.82, 2.24) is 14.7 Å². The van der Waals surface area contributed by atoms with Crippen LogP contribution in [0.15, 0.2) is 30.3 Å². The average molecular weight is 451 g/mol. The van der Waals surface area contributed by atoms with Crippen LogP contribution in [0.2, 0.25) is 0 Å². The first kappa shape index (κ1) is 27.7. The molecular formula is C23H38N4O5. The Labute approximate surface area is 191 Å². The van der Waals surface area contributed by atoms with Gasteiger partial charge in [0.1, 0.15) is 0 Å². The minimum Gasteiger partial charge on any atom is -0.480 e. The lowest BCUT2D eigenvalue weighted by molar-refractivity contribution is -0.141. The van der Waals surface area contributed by atoms with Crippen molar-refractivity contribution in [2.75, 3.05) is 66.5 Å². The van der Waals surface area contributed by atoms with E-state index in [1.165, 1.54) is 10.5 Å². The van der Waals surface area contributed by atoms with Gasteiger partial charge in [0, 0.05) is 32.7 Å². The van der Waals surface area contributed by atoms with Crippen molar-refractivity contribution >= 4 is 18.0 Å². The normalized spacial score (nSPS) is 11.8. The summed E-state index contributed by atoms with van der Waals surface area (Å²) < 4.78 is 0. The fourth-order valence-corrected chi connectivity index (χ4v) is 3.19. The van der Waals surface area contributed by atoms with E-state index < -0.39 is 11.9 Å². The van der Waals surface area contributed by atoms with Gasteiger partial charge in [-0.05, 0) is 44.5 Å². The van der Waals surface area contributed by atoms with Crippen LogP contribution in [0.4, 0.5) is 0 Å². The van der Waals surface area contributed by atoms with Gasteiger partial charge in [-0.1, -0.05) is 36.4 Å². The zero-order valence-electron chi connectivity index (χ0n) is 19.3. The summed E-state index contributed by atoms with van der Waals surface area (Å²) in [4.78, 5) is 32.4. The summed E-state index contributed by atoms with van der Waals surface area (Å²) >= 11 is 0. The van der Waals surface area contributed by atoms with Gasteiger partial charge in [0.2, 0.25) is 0 Å². The van der Waals surface area contributed by atoms with Gasteiger partial charge in [0.25, 0.3) is 0 Å². The van der Waals surface area contributed by atoms with Crippen molar-refractivity contribution in [2.45, 2.75) is 19.3 Å². The Kier molecular flexibility index (Phi) is 14.2. The first-order chi connectivity index (χ1) is 15.3. The monoisotopic (exact) mass is 450 g/mol. The summed E-state index contributed by atoms with van der Waals surface area (Å²) in [6.45, 7) is 3.53. The molecule has 0 heterocycles. The second-order valence-electron chi connectivity index (χ2n) is 8.05. The van der Waals surface area contributed by atoms with Crippen LogP contribution in [0.25, 0.3) is 6.08 Å². The SMILES string of the molecule is CN(C)CCN(CC/C=C/c1ccc(CCCON)cc1)CCN(CC(=O)O)CC(=O)O. The Hall–Kier alpha value is -2.30. The van der Waals surface area contributed by atoms with Crippen molar-refractivity contribution < 1.29 is 24.6 Å². The molecule has 1 rings (SSSR count). The summed E-state index contributed by atoms with van der Waals surface area (Å²) in [6, 6.07) is 8.40. The summed E-state index contributed by atoms with van der Waals surface area (Å²) in [5.41, 5.74) is 2.39. The minimum absolute atomic E-state index is 0.275. The van der Waals surface area contributed by atoms with Crippen molar-refractivity contribution in [1.29, 1.82) is 0 Å². The van der Waals surface area contributed by atoms with Gasteiger partial charge in [-0.2, -0.15) is 0 Å². The first-order valence-electron chi connectivity index (χ1n) is 10.9. The lowest BCUT2D eigenvalue weighted by Crippen LogP contribution is -2.42. The molecule has 1 aromatic rings. The van der Waals surface area contributed by atoms with E-state index in [2.05, 4.69) is 51.1 Å². The zero-order chi connectivity index (χ0) is 23.8. The second kappa shape index (κ2) is 16.3. The van der Waals surface area contributed by atoms with Gasteiger partial charge < -0.3 is 24.9 Å². The van der Waals surface area contributed by atoms with Crippen molar-refractivity contribution in [3.05, 3.63) is 41.5 Å². The lowest BCUT2D eigenvalue weighted by atomic mass is 10.1. The number of carboxylic acid groups (broad SMARTS) is 2. The highest BCUT2D eigenvalue weighted by Crippen LogP contribution is 2.09. The van der Waals surface area contributed by atoms with Crippen molar-refractivity contribution in [2.24, 2.45) is 5.90 Å². The van der Waals surface area contributed by atoms with Gasteiger partial charge in [-0.3, -0.25) is 14.5 Å². The molecule has 0 bridgehead atoms. The lowest BCUT2D eigenvalue weighted by Gasteiger charge is -2.26. The molecular weight excluding hydrogens is 412 g/mol. The van der Waals surface area contributed by atoms with Crippen LogP contribution >= 0.6 is 0 Å². The van der Waals surface area contributed by atoms with E-state index >= 15 is 0 Å². The molecule has 32 heavy (non-hydrogen) atoms. The number of carboxylic acids is 2. The Morgan fingerprint density at radius 3 is 2.09 bits per heavy atom. The number of aliphatic carboxylic acids is 2.